The van der Waals surface area contributed by atoms with Gasteiger partial charge in [-0.1, -0.05) is 0 Å². The minimum atomic E-state index is -0.392. The number of carbonyl (C=O) groups excluding carboxylic acids is 1. The highest BCUT2D eigenvalue weighted by Crippen LogP contribution is 2.29. The van der Waals surface area contributed by atoms with Gasteiger partial charge < -0.3 is 19.1 Å². The molecule has 1 amide bonds. The van der Waals surface area contributed by atoms with E-state index in [-0.39, 0.29) is 0 Å². The van der Waals surface area contributed by atoms with Crippen LogP contribution in [-0.4, -0.2) is 39.4 Å². The fourth-order valence-corrected chi connectivity index (χ4v) is 1.71. The molecule has 0 saturated heterocycles. The maximum Gasteiger partial charge on any atom is 0.409 e. The summed E-state index contributed by atoms with van der Waals surface area (Å²) in [6, 6.07) is 3.76. The van der Waals surface area contributed by atoms with Crippen molar-refractivity contribution < 1.29 is 19.0 Å². The molecule has 0 aliphatic rings. The van der Waals surface area contributed by atoms with E-state index >= 15 is 0 Å². The van der Waals surface area contributed by atoms with Crippen LogP contribution in [0.2, 0.25) is 0 Å². The second kappa shape index (κ2) is 6.14. The Morgan fingerprint density at radius 1 is 1.17 bits per heavy atom. The number of ether oxygens (including phenoxy) is 3. The van der Waals surface area contributed by atoms with Crippen molar-refractivity contribution in [3.05, 3.63) is 23.3 Å². The highest BCUT2D eigenvalue weighted by molar-refractivity contribution is 5.67. The van der Waals surface area contributed by atoms with E-state index in [1.165, 1.54) is 12.0 Å². The largest absolute Gasteiger partial charge is 0.496 e. The lowest BCUT2D eigenvalue weighted by Gasteiger charge is -2.18. The molecule has 0 radical (unpaired) electrons. The van der Waals surface area contributed by atoms with Gasteiger partial charge in [-0.05, 0) is 24.6 Å². The summed E-state index contributed by atoms with van der Waals surface area (Å²) in [7, 11) is 6.23. The van der Waals surface area contributed by atoms with E-state index in [1.54, 1.807) is 21.3 Å². The third-order valence-corrected chi connectivity index (χ3v) is 2.69. The van der Waals surface area contributed by atoms with E-state index in [0.717, 1.165) is 22.6 Å². The second-order valence-corrected chi connectivity index (χ2v) is 3.96. The van der Waals surface area contributed by atoms with Crippen LogP contribution >= 0.6 is 0 Å². The predicted molar refractivity (Wildman–Crippen MR) is 68.2 cm³/mol. The molecular weight excluding hydrogens is 234 g/mol. The summed E-state index contributed by atoms with van der Waals surface area (Å²) < 4.78 is 15.2. The van der Waals surface area contributed by atoms with Crippen molar-refractivity contribution in [1.29, 1.82) is 0 Å². The van der Waals surface area contributed by atoms with Gasteiger partial charge >= 0.3 is 6.09 Å². The van der Waals surface area contributed by atoms with Gasteiger partial charge in [0.25, 0.3) is 0 Å². The Kier molecular flexibility index (Phi) is 4.83. The van der Waals surface area contributed by atoms with Crippen LogP contribution < -0.4 is 9.47 Å². The Morgan fingerprint density at radius 3 is 2.28 bits per heavy atom. The third kappa shape index (κ3) is 3.06. The molecule has 0 unspecified atom stereocenters. The van der Waals surface area contributed by atoms with E-state index < -0.39 is 6.09 Å². The van der Waals surface area contributed by atoms with Crippen LogP contribution in [0.3, 0.4) is 0 Å². The van der Waals surface area contributed by atoms with Crippen molar-refractivity contribution in [2.24, 2.45) is 0 Å². The number of rotatable bonds is 4. The third-order valence-electron chi connectivity index (χ3n) is 2.69. The zero-order valence-electron chi connectivity index (χ0n) is 11.4. The molecule has 0 fully saturated rings. The smallest absolute Gasteiger partial charge is 0.409 e. The topological polar surface area (TPSA) is 48.0 Å². The van der Waals surface area contributed by atoms with Crippen LogP contribution in [0.25, 0.3) is 0 Å². The SMILES string of the molecule is COC(=O)N(C)Cc1cc(OC)c(C)cc1OC. The van der Waals surface area contributed by atoms with Crippen LogP contribution in [0.1, 0.15) is 11.1 Å². The van der Waals surface area contributed by atoms with Crippen LogP contribution in [0.5, 0.6) is 11.5 Å². The monoisotopic (exact) mass is 253 g/mol. The first-order valence-electron chi connectivity index (χ1n) is 5.54. The van der Waals surface area contributed by atoms with E-state index in [2.05, 4.69) is 4.74 Å². The zero-order chi connectivity index (χ0) is 13.7. The number of benzene rings is 1. The molecule has 0 atom stereocenters. The Bertz CT molecular complexity index is 431. The van der Waals surface area contributed by atoms with Crippen molar-refractivity contribution in [3.8, 4) is 11.5 Å². The van der Waals surface area contributed by atoms with E-state index in [4.69, 9.17) is 9.47 Å². The summed E-state index contributed by atoms with van der Waals surface area (Å²) in [5, 5.41) is 0. The molecule has 5 heteroatoms. The molecule has 0 saturated carbocycles. The average Bonchev–Trinajstić information content (AvgIpc) is 2.38. The standard InChI is InChI=1S/C13H19NO4/c1-9-6-12(17-4)10(7-11(9)16-3)8-14(2)13(15)18-5/h6-7H,8H2,1-5H3. The Morgan fingerprint density at radius 2 is 1.78 bits per heavy atom. The zero-order valence-corrected chi connectivity index (χ0v) is 11.4. The Balaban J connectivity index is 3.03. The van der Waals surface area contributed by atoms with Crippen LogP contribution in [0, 0.1) is 6.92 Å². The molecule has 0 N–H and O–H groups in total. The molecule has 18 heavy (non-hydrogen) atoms. The van der Waals surface area contributed by atoms with Crippen molar-refractivity contribution in [2.45, 2.75) is 13.5 Å². The van der Waals surface area contributed by atoms with Crippen LogP contribution in [-0.2, 0) is 11.3 Å². The molecule has 100 valence electrons. The number of amides is 1. The first-order valence-corrected chi connectivity index (χ1v) is 5.54. The summed E-state index contributed by atoms with van der Waals surface area (Å²) >= 11 is 0. The summed E-state index contributed by atoms with van der Waals surface area (Å²) in [4.78, 5) is 12.8. The van der Waals surface area contributed by atoms with E-state index in [9.17, 15) is 4.79 Å². The van der Waals surface area contributed by atoms with Crippen molar-refractivity contribution >= 4 is 6.09 Å². The molecule has 5 nitrogen and oxygen atoms in total. The average molecular weight is 253 g/mol. The van der Waals surface area contributed by atoms with Gasteiger partial charge in [-0.3, -0.25) is 0 Å². The Labute approximate surface area is 107 Å². The first kappa shape index (κ1) is 14.2. The second-order valence-electron chi connectivity index (χ2n) is 3.96. The summed E-state index contributed by atoms with van der Waals surface area (Å²) in [5.41, 5.74) is 1.85. The molecular formula is C13H19NO4. The van der Waals surface area contributed by atoms with Gasteiger partial charge in [0.2, 0.25) is 0 Å². The van der Waals surface area contributed by atoms with Gasteiger partial charge in [-0.25, -0.2) is 4.79 Å². The molecule has 1 rings (SSSR count). The molecule has 1 aromatic carbocycles. The van der Waals surface area contributed by atoms with Gasteiger partial charge in [0.05, 0.1) is 27.9 Å². The fraction of sp³-hybridized carbons (Fsp3) is 0.462. The molecule has 0 aliphatic heterocycles. The number of carbonyl (C=O) groups is 1. The van der Waals surface area contributed by atoms with Crippen molar-refractivity contribution in [1.82, 2.24) is 4.90 Å². The number of aryl methyl sites for hydroxylation is 1. The van der Waals surface area contributed by atoms with Gasteiger partial charge in [0.1, 0.15) is 11.5 Å². The molecule has 0 heterocycles. The fourth-order valence-electron chi connectivity index (χ4n) is 1.71. The predicted octanol–water partition coefficient (Wildman–Crippen LogP) is 2.21. The molecule has 0 aliphatic carbocycles. The molecule has 0 spiro atoms. The maximum atomic E-state index is 11.4. The number of nitrogens with zero attached hydrogens (tertiary/aromatic N) is 1. The minimum absolute atomic E-state index is 0.392. The quantitative estimate of drug-likeness (QED) is 0.825. The number of hydrogen-bond donors (Lipinski definition) is 0. The maximum absolute atomic E-state index is 11.4. The normalized spacial score (nSPS) is 9.83. The summed E-state index contributed by atoms with van der Waals surface area (Å²) in [6.45, 7) is 2.33. The van der Waals surface area contributed by atoms with Gasteiger partial charge in [-0.2, -0.15) is 0 Å². The van der Waals surface area contributed by atoms with Crippen LogP contribution in [0.15, 0.2) is 12.1 Å². The number of methoxy groups -OCH3 is 3. The highest BCUT2D eigenvalue weighted by Gasteiger charge is 2.14. The molecule has 0 bridgehead atoms. The van der Waals surface area contributed by atoms with Gasteiger partial charge in [-0.15, -0.1) is 0 Å². The lowest BCUT2D eigenvalue weighted by atomic mass is 10.1. The van der Waals surface area contributed by atoms with Crippen LogP contribution in [0.4, 0.5) is 4.79 Å². The highest BCUT2D eigenvalue weighted by atomic mass is 16.5. The van der Waals surface area contributed by atoms with E-state index in [1.807, 2.05) is 19.1 Å². The van der Waals surface area contributed by atoms with E-state index in [0.29, 0.717) is 6.54 Å². The lowest BCUT2D eigenvalue weighted by Crippen LogP contribution is -2.26. The van der Waals surface area contributed by atoms with Crippen molar-refractivity contribution in [2.75, 3.05) is 28.4 Å². The lowest BCUT2D eigenvalue weighted by molar-refractivity contribution is 0.131. The minimum Gasteiger partial charge on any atom is -0.496 e. The number of hydrogen-bond acceptors (Lipinski definition) is 4. The summed E-state index contributed by atoms with van der Waals surface area (Å²) in [5.74, 6) is 1.49. The van der Waals surface area contributed by atoms with Gasteiger partial charge in [0.15, 0.2) is 0 Å². The molecule has 0 aromatic heterocycles. The van der Waals surface area contributed by atoms with Crippen molar-refractivity contribution in [3.63, 3.8) is 0 Å². The summed E-state index contributed by atoms with van der Waals surface area (Å²) in [6.07, 6.45) is -0.392. The van der Waals surface area contributed by atoms with Gasteiger partial charge in [0, 0.05) is 12.6 Å². The first-order chi connectivity index (χ1) is 8.53. The molecule has 1 aromatic rings. The Hall–Kier alpha value is -1.91.